The van der Waals surface area contributed by atoms with Gasteiger partial charge in [-0.15, -0.1) is 0 Å². The summed E-state index contributed by atoms with van der Waals surface area (Å²) in [4.78, 5) is 2.31. The Hall–Kier alpha value is -2.79. The van der Waals surface area contributed by atoms with Gasteiger partial charge < -0.3 is 14.0 Å². The Kier molecular flexibility index (Phi) is 14.3. The standard InChI is InChI=1S/C22H28N4S.2CH4O4S/c1-23-13-11-20(12-14-23)6-5-19-7-9-21(10-8-19)24(2)17-18-27-22-25(3)15-16-26(22)4;2*1-5-6(2,3)4/h5-16H,17-18H2,1-4H3;2*1H3,(H,2,3,4)/q+2;;/p-2. The molecule has 0 aliphatic carbocycles. The fourth-order valence-electron chi connectivity index (χ4n) is 2.84. The average Bonchev–Trinajstić information content (AvgIpc) is 3.21. The molecule has 2 heterocycles. The van der Waals surface area contributed by atoms with Gasteiger partial charge in [0.15, 0.2) is 12.4 Å². The summed E-state index contributed by atoms with van der Waals surface area (Å²) in [6.07, 6.45) is 12.6. The van der Waals surface area contributed by atoms with Crippen LogP contribution in [0.1, 0.15) is 11.1 Å². The molecule has 0 saturated carbocycles. The molecule has 3 rings (SSSR count). The molecule has 12 nitrogen and oxygen atoms in total. The highest BCUT2D eigenvalue weighted by Gasteiger charge is 2.12. The molecule has 39 heavy (non-hydrogen) atoms. The van der Waals surface area contributed by atoms with Gasteiger partial charge in [0.05, 0.1) is 28.3 Å². The molecule has 0 amide bonds. The van der Waals surface area contributed by atoms with Crippen molar-refractivity contribution in [2.75, 3.05) is 38.5 Å². The number of pyridine rings is 1. The minimum absolute atomic E-state index is 0.808. The Morgan fingerprint density at radius 1 is 0.897 bits per heavy atom. The van der Waals surface area contributed by atoms with Crippen molar-refractivity contribution in [3.63, 3.8) is 0 Å². The molecule has 2 aromatic heterocycles. The Bertz CT molecular complexity index is 1340. The number of hydrogen-bond donors (Lipinski definition) is 0. The first kappa shape index (κ1) is 34.2. The summed E-state index contributed by atoms with van der Waals surface area (Å²) < 4.78 is 68.4. The Labute approximate surface area is 235 Å². The minimum atomic E-state index is -4.41. The Morgan fingerprint density at radius 2 is 1.36 bits per heavy atom. The molecule has 0 unspecified atom stereocenters. The van der Waals surface area contributed by atoms with Crippen molar-refractivity contribution in [3.05, 3.63) is 72.3 Å². The molecule has 0 radical (unpaired) electrons. The van der Waals surface area contributed by atoms with Crippen LogP contribution in [-0.4, -0.2) is 64.1 Å². The van der Waals surface area contributed by atoms with Gasteiger partial charge in [-0.1, -0.05) is 24.3 Å². The fraction of sp³-hybridized carbons (Fsp3) is 0.333. The largest absolute Gasteiger partial charge is 0.726 e. The van der Waals surface area contributed by atoms with Crippen molar-refractivity contribution >= 4 is 50.4 Å². The van der Waals surface area contributed by atoms with E-state index in [1.54, 1.807) is 0 Å². The van der Waals surface area contributed by atoms with Gasteiger partial charge in [0.1, 0.15) is 19.4 Å². The first-order chi connectivity index (χ1) is 18.1. The molecule has 0 atom stereocenters. The zero-order valence-corrected chi connectivity index (χ0v) is 25.1. The molecule has 3 aromatic rings. The van der Waals surface area contributed by atoms with Gasteiger partial charge in [-0.25, -0.2) is 30.5 Å². The van der Waals surface area contributed by atoms with Crippen molar-refractivity contribution in [1.29, 1.82) is 0 Å². The third kappa shape index (κ3) is 14.8. The van der Waals surface area contributed by atoms with Crippen LogP contribution in [0, 0.1) is 0 Å². The van der Waals surface area contributed by atoms with E-state index in [-0.39, 0.29) is 0 Å². The molecule has 0 N–H and O–H groups in total. The first-order valence-corrected chi connectivity index (χ1v) is 14.9. The Balaban J connectivity index is 0.000000530. The van der Waals surface area contributed by atoms with Crippen LogP contribution >= 0.6 is 11.8 Å². The zero-order chi connectivity index (χ0) is 29.6. The SMILES string of the molecule is CN(CCSc1n(C)cc[n+]1C)c1ccc(/C=C/c2cc[n+](C)cc2)cc1.COS(=O)(=O)[O-].COS(=O)(=O)[O-]. The van der Waals surface area contributed by atoms with Crippen molar-refractivity contribution in [2.45, 2.75) is 5.16 Å². The number of thioether (sulfide) groups is 1. The van der Waals surface area contributed by atoms with Gasteiger partial charge in [0.25, 0.3) is 0 Å². The monoisotopic (exact) mass is 602 g/mol. The lowest BCUT2D eigenvalue weighted by molar-refractivity contribution is -0.709. The molecule has 0 bridgehead atoms. The number of rotatable bonds is 9. The molecule has 0 aliphatic heterocycles. The van der Waals surface area contributed by atoms with E-state index < -0.39 is 20.8 Å². The predicted octanol–water partition coefficient (Wildman–Crippen LogP) is 1.26. The summed E-state index contributed by atoms with van der Waals surface area (Å²) in [5.74, 6) is 1.05. The van der Waals surface area contributed by atoms with Crippen molar-refractivity contribution in [3.8, 4) is 0 Å². The second kappa shape index (κ2) is 16.3. The first-order valence-electron chi connectivity index (χ1n) is 11.3. The second-order valence-electron chi connectivity index (χ2n) is 7.94. The van der Waals surface area contributed by atoms with Crippen LogP contribution in [0.2, 0.25) is 0 Å². The molecule has 1 aromatic carbocycles. The van der Waals surface area contributed by atoms with Crippen LogP contribution in [0.4, 0.5) is 5.69 Å². The van der Waals surface area contributed by atoms with E-state index in [1.807, 2.05) is 23.4 Å². The van der Waals surface area contributed by atoms with Crippen molar-refractivity contribution < 1.29 is 43.4 Å². The number of aromatic nitrogens is 3. The summed E-state index contributed by atoms with van der Waals surface area (Å²) >= 11 is 1.88. The van der Waals surface area contributed by atoms with E-state index in [0.29, 0.717) is 0 Å². The predicted molar refractivity (Wildman–Crippen MR) is 147 cm³/mol. The summed E-state index contributed by atoms with van der Waals surface area (Å²) in [5.41, 5.74) is 3.67. The lowest BCUT2D eigenvalue weighted by Gasteiger charge is -2.18. The zero-order valence-electron chi connectivity index (χ0n) is 22.6. The van der Waals surface area contributed by atoms with Gasteiger partial charge in [-0.05, 0) is 35.0 Å². The van der Waals surface area contributed by atoms with E-state index in [4.69, 9.17) is 0 Å². The summed E-state index contributed by atoms with van der Waals surface area (Å²) in [6.45, 7) is 1.01. The van der Waals surface area contributed by atoms with Crippen LogP contribution in [0.25, 0.3) is 12.2 Å². The Morgan fingerprint density at radius 3 is 1.77 bits per heavy atom. The molecule has 0 saturated heterocycles. The number of anilines is 1. The van der Waals surface area contributed by atoms with Gasteiger partial charge in [0, 0.05) is 37.2 Å². The molecule has 15 heteroatoms. The summed E-state index contributed by atoms with van der Waals surface area (Å²) in [5, 5.41) is 1.28. The van der Waals surface area contributed by atoms with Gasteiger partial charge in [0.2, 0.25) is 20.8 Å². The van der Waals surface area contributed by atoms with Crippen LogP contribution in [0.3, 0.4) is 0 Å². The van der Waals surface area contributed by atoms with Gasteiger partial charge in [-0.2, -0.15) is 0 Å². The third-order valence-corrected chi connectivity index (χ3v) is 7.03. The maximum atomic E-state index is 9.22. The van der Waals surface area contributed by atoms with Crippen LogP contribution in [0.5, 0.6) is 0 Å². The summed E-state index contributed by atoms with van der Waals surface area (Å²) in [7, 11) is 1.16. The molecule has 0 fully saturated rings. The van der Waals surface area contributed by atoms with E-state index in [9.17, 15) is 25.9 Å². The highest BCUT2D eigenvalue weighted by molar-refractivity contribution is 7.99. The number of nitrogens with zero attached hydrogens (tertiary/aromatic N) is 4. The van der Waals surface area contributed by atoms with Crippen molar-refractivity contribution in [2.24, 2.45) is 21.1 Å². The number of aryl methyl sites for hydroxylation is 3. The smallest absolute Gasteiger partial charge is 0.317 e. The molecule has 0 aliphatic rings. The van der Waals surface area contributed by atoms with E-state index >= 15 is 0 Å². The quantitative estimate of drug-likeness (QED) is 0.152. The third-order valence-electron chi connectivity index (χ3n) is 4.99. The van der Waals surface area contributed by atoms with E-state index in [1.165, 1.54) is 22.0 Å². The number of imidazole rings is 1. The lowest BCUT2D eigenvalue weighted by Crippen LogP contribution is -2.29. The van der Waals surface area contributed by atoms with Crippen LogP contribution in [0.15, 0.2) is 66.3 Å². The van der Waals surface area contributed by atoms with E-state index in [2.05, 4.69) is 117 Å². The summed E-state index contributed by atoms with van der Waals surface area (Å²) in [6, 6.07) is 13.0. The molecular weight excluding hydrogens is 568 g/mol. The number of benzene rings is 1. The maximum absolute atomic E-state index is 9.22. The minimum Gasteiger partial charge on any atom is -0.726 e. The highest BCUT2D eigenvalue weighted by atomic mass is 32.3. The lowest BCUT2D eigenvalue weighted by atomic mass is 10.1. The van der Waals surface area contributed by atoms with Gasteiger partial charge >= 0.3 is 5.16 Å². The number of hydrogen-bond acceptors (Lipinski definition) is 10. The van der Waals surface area contributed by atoms with Gasteiger partial charge in [-0.3, -0.25) is 8.37 Å². The highest BCUT2D eigenvalue weighted by Crippen LogP contribution is 2.18. The second-order valence-corrected chi connectivity index (χ2v) is 11.3. The maximum Gasteiger partial charge on any atom is 0.317 e. The normalized spacial score (nSPS) is 11.4. The van der Waals surface area contributed by atoms with Crippen molar-refractivity contribution in [1.82, 2.24) is 4.57 Å². The average molecular weight is 603 g/mol. The van der Waals surface area contributed by atoms with Crippen LogP contribution < -0.4 is 14.0 Å². The molecule has 0 spiro atoms. The topological polar surface area (TPSA) is 149 Å². The van der Waals surface area contributed by atoms with Crippen LogP contribution in [-0.2, 0) is 50.3 Å². The van der Waals surface area contributed by atoms with E-state index in [0.717, 1.165) is 26.5 Å². The fourth-order valence-corrected chi connectivity index (χ4v) is 3.92. The molecular formula is C24H34N4O8S3. The molecule has 216 valence electrons.